The third kappa shape index (κ3) is 2.94. The molecule has 3 rings (SSSR count). The molecule has 0 unspecified atom stereocenters. The van der Waals surface area contributed by atoms with Gasteiger partial charge in [0.2, 0.25) is 5.52 Å². The molecule has 0 atom stereocenters. The van der Waals surface area contributed by atoms with Crippen LogP contribution in [-0.2, 0) is 7.05 Å². The van der Waals surface area contributed by atoms with Crippen LogP contribution in [0.15, 0.2) is 54.7 Å². The van der Waals surface area contributed by atoms with E-state index in [1.165, 1.54) is 6.07 Å². The molecule has 0 saturated heterocycles. The summed E-state index contributed by atoms with van der Waals surface area (Å²) in [4.78, 5) is 22.9. The fourth-order valence-electron chi connectivity index (χ4n) is 2.59. The maximum Gasteiger partial charge on any atom is 0.273 e. The van der Waals surface area contributed by atoms with Gasteiger partial charge in [0.1, 0.15) is 7.05 Å². The van der Waals surface area contributed by atoms with Crippen LogP contribution in [-0.4, -0.2) is 10.8 Å². The Hall–Kier alpha value is -3.28. The van der Waals surface area contributed by atoms with Gasteiger partial charge >= 0.3 is 0 Å². The monoisotopic (exact) mass is 322 g/mol. The molecule has 1 aromatic heterocycles. The molecule has 6 heteroatoms. The summed E-state index contributed by atoms with van der Waals surface area (Å²) in [7, 11) is 1.95. The van der Waals surface area contributed by atoms with E-state index in [1.807, 2.05) is 48.1 Å². The van der Waals surface area contributed by atoms with E-state index in [9.17, 15) is 14.9 Å². The lowest BCUT2D eigenvalue weighted by Crippen LogP contribution is -2.27. The molecule has 2 aromatic carbocycles. The van der Waals surface area contributed by atoms with Gasteiger partial charge in [0.25, 0.3) is 11.6 Å². The van der Waals surface area contributed by atoms with Crippen molar-refractivity contribution in [1.29, 1.82) is 0 Å². The van der Waals surface area contributed by atoms with Gasteiger partial charge in [0, 0.05) is 40.4 Å². The van der Waals surface area contributed by atoms with Crippen molar-refractivity contribution in [2.24, 2.45) is 7.05 Å². The molecule has 1 amide bonds. The quantitative estimate of drug-likeness (QED) is 0.457. The van der Waals surface area contributed by atoms with Crippen molar-refractivity contribution >= 4 is 28.2 Å². The number of benzene rings is 2. The van der Waals surface area contributed by atoms with Gasteiger partial charge in [0.05, 0.1) is 4.92 Å². The molecule has 0 aliphatic heterocycles. The minimum atomic E-state index is -0.484. The smallest absolute Gasteiger partial charge is 0.273 e. The largest absolute Gasteiger partial charge is 0.322 e. The normalized spacial score (nSPS) is 10.6. The van der Waals surface area contributed by atoms with E-state index in [2.05, 4.69) is 5.32 Å². The van der Waals surface area contributed by atoms with Crippen LogP contribution in [0.3, 0.4) is 0 Å². The highest BCUT2D eigenvalue weighted by Crippen LogP contribution is 2.21. The number of nitrogens with zero attached hydrogens (tertiary/aromatic N) is 2. The Morgan fingerprint density at radius 1 is 1.17 bits per heavy atom. The number of anilines is 1. The predicted octanol–water partition coefficient (Wildman–Crippen LogP) is 3.13. The number of hydrogen-bond donors (Lipinski definition) is 1. The number of aromatic nitrogens is 1. The molecular weight excluding hydrogens is 306 g/mol. The number of pyridine rings is 1. The molecule has 1 heterocycles. The second kappa shape index (κ2) is 6.08. The first-order valence-corrected chi connectivity index (χ1v) is 7.40. The van der Waals surface area contributed by atoms with E-state index >= 15 is 0 Å². The predicted molar refractivity (Wildman–Crippen MR) is 90.9 cm³/mol. The summed E-state index contributed by atoms with van der Waals surface area (Å²) in [5.74, 6) is -0.377. The minimum Gasteiger partial charge on any atom is -0.322 e. The molecule has 0 fully saturated rings. The van der Waals surface area contributed by atoms with Gasteiger partial charge in [-0.05, 0) is 31.2 Å². The lowest BCUT2D eigenvalue weighted by Gasteiger charge is -2.07. The van der Waals surface area contributed by atoms with Crippen molar-refractivity contribution in [3.63, 3.8) is 0 Å². The summed E-state index contributed by atoms with van der Waals surface area (Å²) in [6, 6.07) is 13.9. The Kier molecular flexibility index (Phi) is 3.95. The van der Waals surface area contributed by atoms with Crippen molar-refractivity contribution in [3.05, 3.63) is 76.0 Å². The molecule has 1 N–H and O–H groups in total. The number of amides is 1. The van der Waals surface area contributed by atoms with E-state index in [0.717, 1.165) is 10.9 Å². The van der Waals surface area contributed by atoms with Gasteiger partial charge in [-0.2, -0.15) is 0 Å². The summed E-state index contributed by atoms with van der Waals surface area (Å²) >= 11 is 0. The average Bonchev–Trinajstić information content (AvgIpc) is 2.55. The Labute approximate surface area is 138 Å². The van der Waals surface area contributed by atoms with Gasteiger partial charge in [-0.15, -0.1) is 0 Å². The SMILES string of the molecule is Cc1ccc(C(=O)Nc2ccc3c(ccc[n+]3C)c2)cc1[N+](=O)[O-]. The van der Waals surface area contributed by atoms with Gasteiger partial charge in [-0.3, -0.25) is 14.9 Å². The van der Waals surface area contributed by atoms with Crippen LogP contribution in [0.25, 0.3) is 10.9 Å². The van der Waals surface area contributed by atoms with Crippen molar-refractivity contribution < 1.29 is 14.3 Å². The minimum absolute atomic E-state index is 0.0619. The summed E-state index contributed by atoms with van der Waals surface area (Å²) < 4.78 is 1.99. The molecule has 3 aromatic rings. The molecule has 0 radical (unpaired) electrons. The highest BCUT2D eigenvalue weighted by Gasteiger charge is 2.15. The number of nitrogens with one attached hydrogen (secondary N) is 1. The van der Waals surface area contributed by atoms with Crippen LogP contribution < -0.4 is 9.88 Å². The number of carbonyl (C=O) groups is 1. The Bertz CT molecular complexity index is 967. The zero-order valence-corrected chi connectivity index (χ0v) is 13.3. The van der Waals surface area contributed by atoms with Crippen molar-refractivity contribution in [2.45, 2.75) is 6.92 Å². The number of fused-ring (bicyclic) bond motifs is 1. The molecule has 6 nitrogen and oxygen atoms in total. The standard InChI is InChI=1S/C18H15N3O3/c1-12-5-6-14(11-17(12)21(23)24)18(22)19-15-7-8-16-13(10-15)4-3-9-20(16)2/h3-11H,1-2H3/p+1. The van der Waals surface area contributed by atoms with E-state index < -0.39 is 4.92 Å². The van der Waals surface area contributed by atoms with Gasteiger partial charge in [-0.25, -0.2) is 4.57 Å². The summed E-state index contributed by atoms with van der Waals surface area (Å²) in [5.41, 5.74) is 2.40. The van der Waals surface area contributed by atoms with E-state index in [0.29, 0.717) is 11.3 Å². The Morgan fingerprint density at radius 2 is 1.96 bits per heavy atom. The molecule has 0 aliphatic rings. The first kappa shape index (κ1) is 15.6. The summed E-state index contributed by atoms with van der Waals surface area (Å²) in [6.07, 6.45) is 1.95. The van der Waals surface area contributed by atoms with Crippen molar-refractivity contribution in [3.8, 4) is 0 Å². The zero-order valence-electron chi connectivity index (χ0n) is 13.3. The molecular formula is C18H16N3O3+. The van der Waals surface area contributed by atoms with Crippen LogP contribution >= 0.6 is 0 Å². The van der Waals surface area contributed by atoms with Crippen LogP contribution in [0.2, 0.25) is 0 Å². The fourth-order valence-corrected chi connectivity index (χ4v) is 2.59. The fraction of sp³-hybridized carbons (Fsp3) is 0.111. The average molecular weight is 322 g/mol. The maximum absolute atomic E-state index is 12.4. The Balaban J connectivity index is 1.90. The van der Waals surface area contributed by atoms with E-state index in [1.54, 1.807) is 19.1 Å². The topological polar surface area (TPSA) is 76.1 Å². The van der Waals surface area contributed by atoms with Crippen LogP contribution in [0, 0.1) is 17.0 Å². The first-order valence-electron chi connectivity index (χ1n) is 7.40. The number of nitro benzene ring substituents is 1. The second-order valence-corrected chi connectivity index (χ2v) is 5.61. The number of carbonyl (C=O) groups excluding carboxylic acids is 1. The molecule has 0 aliphatic carbocycles. The van der Waals surface area contributed by atoms with Gasteiger partial charge in [0.15, 0.2) is 6.20 Å². The lowest BCUT2D eigenvalue weighted by molar-refractivity contribution is -0.644. The van der Waals surface area contributed by atoms with E-state index in [-0.39, 0.29) is 17.2 Å². The van der Waals surface area contributed by atoms with Gasteiger partial charge in [-0.1, -0.05) is 6.07 Å². The Morgan fingerprint density at radius 3 is 2.71 bits per heavy atom. The van der Waals surface area contributed by atoms with Crippen LogP contribution in [0.1, 0.15) is 15.9 Å². The highest BCUT2D eigenvalue weighted by molar-refractivity contribution is 6.05. The second-order valence-electron chi connectivity index (χ2n) is 5.61. The molecule has 0 saturated carbocycles. The van der Waals surface area contributed by atoms with Crippen LogP contribution in [0.4, 0.5) is 11.4 Å². The molecule has 120 valence electrons. The highest BCUT2D eigenvalue weighted by atomic mass is 16.6. The molecule has 0 bridgehead atoms. The first-order chi connectivity index (χ1) is 11.5. The third-order valence-corrected chi connectivity index (χ3v) is 3.92. The van der Waals surface area contributed by atoms with Gasteiger partial charge < -0.3 is 5.32 Å². The van der Waals surface area contributed by atoms with E-state index in [4.69, 9.17) is 0 Å². The third-order valence-electron chi connectivity index (χ3n) is 3.92. The zero-order chi connectivity index (χ0) is 17.3. The number of nitro groups is 1. The molecule has 0 spiro atoms. The maximum atomic E-state index is 12.4. The van der Waals surface area contributed by atoms with Crippen molar-refractivity contribution in [1.82, 2.24) is 0 Å². The molecule has 24 heavy (non-hydrogen) atoms. The lowest BCUT2D eigenvalue weighted by atomic mass is 10.1. The van der Waals surface area contributed by atoms with Crippen molar-refractivity contribution in [2.75, 3.05) is 5.32 Å². The number of rotatable bonds is 3. The van der Waals surface area contributed by atoms with Crippen LogP contribution in [0.5, 0.6) is 0 Å². The summed E-state index contributed by atoms with van der Waals surface area (Å²) in [5, 5.41) is 14.8. The number of hydrogen-bond acceptors (Lipinski definition) is 3. The number of aryl methyl sites for hydroxylation is 2. The summed E-state index contributed by atoms with van der Waals surface area (Å²) in [6.45, 7) is 1.64.